The van der Waals surface area contributed by atoms with Crippen LogP contribution >= 0.6 is 11.6 Å². The summed E-state index contributed by atoms with van der Waals surface area (Å²) in [6.07, 6.45) is 5.35. The van der Waals surface area contributed by atoms with Crippen molar-refractivity contribution in [3.63, 3.8) is 0 Å². The summed E-state index contributed by atoms with van der Waals surface area (Å²) in [4.78, 5) is 52.5. The molecule has 0 spiro atoms. The molecule has 0 saturated carbocycles. The Hall–Kier alpha value is -4.11. The van der Waals surface area contributed by atoms with E-state index in [9.17, 15) is 19.2 Å². The van der Waals surface area contributed by atoms with Gasteiger partial charge in [0.15, 0.2) is 0 Å². The second-order valence-corrected chi connectivity index (χ2v) is 11.6. The molecular formula is C34H41ClN2O7. The predicted octanol–water partition coefficient (Wildman–Crippen LogP) is 4.92. The lowest BCUT2D eigenvalue weighted by Crippen LogP contribution is -2.49. The van der Waals surface area contributed by atoms with Crippen molar-refractivity contribution >= 4 is 41.4 Å². The molecule has 2 N–H and O–H groups in total. The lowest BCUT2D eigenvalue weighted by molar-refractivity contribution is -0.177. The van der Waals surface area contributed by atoms with E-state index in [2.05, 4.69) is 10.6 Å². The third-order valence-corrected chi connectivity index (χ3v) is 7.53. The molecule has 2 amide bonds. The van der Waals surface area contributed by atoms with E-state index in [0.717, 1.165) is 5.56 Å². The van der Waals surface area contributed by atoms with Crippen molar-refractivity contribution in [1.29, 1.82) is 0 Å². The summed E-state index contributed by atoms with van der Waals surface area (Å²) in [7, 11) is 1.50. The predicted molar refractivity (Wildman–Crippen MR) is 169 cm³/mol. The normalized spacial score (nSPS) is 23.8. The Balaban J connectivity index is 1.89. The number of ether oxygens (including phenoxy) is 3. The van der Waals surface area contributed by atoms with Crippen LogP contribution in [0.3, 0.4) is 0 Å². The van der Waals surface area contributed by atoms with E-state index < -0.39 is 47.9 Å². The first-order valence-corrected chi connectivity index (χ1v) is 15.1. The molecule has 0 radical (unpaired) electrons. The SMILES string of the molecule is COc1ccc(CC2NC(=O)/C=C/CC(C(C)/C=C/c3ccccc3)OC(=O)C(C(C)C)OC(=O)C(C)CNC2=O)cc1Cl. The monoisotopic (exact) mass is 624 g/mol. The van der Waals surface area contributed by atoms with Crippen LogP contribution in [0.5, 0.6) is 5.75 Å². The Morgan fingerprint density at radius 2 is 1.75 bits per heavy atom. The van der Waals surface area contributed by atoms with Gasteiger partial charge in [-0.1, -0.05) is 93.9 Å². The average Bonchev–Trinajstić information content (AvgIpc) is 3.00. The van der Waals surface area contributed by atoms with Gasteiger partial charge in [-0.05, 0) is 29.3 Å². The first-order chi connectivity index (χ1) is 21.0. The number of rotatable bonds is 7. The highest BCUT2D eigenvalue weighted by Crippen LogP contribution is 2.26. The number of halogens is 1. The third-order valence-electron chi connectivity index (χ3n) is 7.24. The molecule has 236 valence electrons. The van der Waals surface area contributed by atoms with Gasteiger partial charge in [-0.25, -0.2) is 4.79 Å². The molecule has 44 heavy (non-hydrogen) atoms. The lowest BCUT2D eigenvalue weighted by atomic mass is 9.99. The zero-order valence-electron chi connectivity index (χ0n) is 25.7. The fraction of sp³-hybridized carbons (Fsp3) is 0.412. The second-order valence-electron chi connectivity index (χ2n) is 11.2. The van der Waals surface area contributed by atoms with E-state index in [4.69, 9.17) is 25.8 Å². The van der Waals surface area contributed by atoms with Crippen molar-refractivity contribution in [3.8, 4) is 5.75 Å². The highest BCUT2D eigenvalue weighted by atomic mass is 35.5. The Bertz CT molecular complexity index is 1360. The number of cyclic esters (lactones) is 2. The summed E-state index contributed by atoms with van der Waals surface area (Å²) in [5.74, 6) is -3.18. The number of hydrogen-bond donors (Lipinski definition) is 2. The van der Waals surface area contributed by atoms with Crippen molar-refractivity contribution in [2.75, 3.05) is 13.7 Å². The molecule has 5 unspecified atom stereocenters. The van der Waals surface area contributed by atoms with Crippen LogP contribution in [0.1, 0.15) is 45.2 Å². The lowest BCUT2D eigenvalue weighted by Gasteiger charge is -2.27. The van der Waals surface area contributed by atoms with Crippen LogP contribution in [-0.4, -0.2) is 55.7 Å². The number of hydrogen-bond acceptors (Lipinski definition) is 7. The fourth-order valence-corrected chi connectivity index (χ4v) is 4.79. The average molecular weight is 625 g/mol. The van der Waals surface area contributed by atoms with Crippen LogP contribution in [0.2, 0.25) is 5.02 Å². The van der Waals surface area contributed by atoms with Gasteiger partial charge in [0.25, 0.3) is 0 Å². The molecule has 2 aromatic carbocycles. The summed E-state index contributed by atoms with van der Waals surface area (Å²) in [5.41, 5.74) is 1.69. The van der Waals surface area contributed by atoms with E-state index in [0.29, 0.717) is 16.3 Å². The molecule has 3 rings (SSSR count). The molecule has 0 aromatic heterocycles. The highest BCUT2D eigenvalue weighted by molar-refractivity contribution is 6.32. The van der Waals surface area contributed by atoms with Crippen molar-refractivity contribution in [2.45, 2.75) is 58.8 Å². The molecule has 2 aromatic rings. The molecule has 0 aliphatic carbocycles. The first-order valence-electron chi connectivity index (χ1n) is 14.7. The fourth-order valence-electron chi connectivity index (χ4n) is 4.51. The van der Waals surface area contributed by atoms with Gasteiger partial charge in [0.1, 0.15) is 17.9 Å². The standard InChI is InChI=1S/C34H41ClN2O7/c1-21(2)31-34(41)43-28(22(3)14-15-24-10-7-6-8-11-24)12-9-13-30(38)37-27(32(39)36-20-23(4)33(40)44-31)19-25-16-17-29(42-5)26(35)18-25/h6-11,13-18,21-23,27-28,31H,12,19-20H2,1-5H3,(H,36,39)(H,37,38)/b13-9+,15-14+. The molecule has 0 fully saturated rings. The summed E-state index contributed by atoms with van der Waals surface area (Å²) >= 11 is 6.28. The molecule has 1 aliphatic rings. The maximum absolute atomic E-state index is 13.3. The smallest absolute Gasteiger partial charge is 0.348 e. The van der Waals surface area contributed by atoms with Gasteiger partial charge in [-0.2, -0.15) is 0 Å². The van der Waals surface area contributed by atoms with Crippen LogP contribution < -0.4 is 15.4 Å². The van der Waals surface area contributed by atoms with Crippen LogP contribution in [0.25, 0.3) is 6.08 Å². The van der Waals surface area contributed by atoms with Gasteiger partial charge in [-0.15, -0.1) is 0 Å². The van der Waals surface area contributed by atoms with Gasteiger partial charge in [0, 0.05) is 31.2 Å². The zero-order chi connectivity index (χ0) is 32.2. The maximum Gasteiger partial charge on any atom is 0.348 e. The maximum atomic E-state index is 13.3. The highest BCUT2D eigenvalue weighted by Gasteiger charge is 2.33. The first kappa shape index (κ1) is 34.4. The number of amides is 2. The number of carbonyl (C=O) groups is 4. The molecule has 1 heterocycles. The van der Waals surface area contributed by atoms with Crippen LogP contribution in [-0.2, 0) is 35.1 Å². The molecule has 0 saturated heterocycles. The second kappa shape index (κ2) is 16.7. The van der Waals surface area contributed by atoms with Gasteiger partial charge in [0.05, 0.1) is 18.1 Å². The van der Waals surface area contributed by atoms with E-state index in [-0.39, 0.29) is 31.2 Å². The minimum Gasteiger partial charge on any atom is -0.495 e. The minimum atomic E-state index is -1.14. The van der Waals surface area contributed by atoms with Gasteiger partial charge in [-0.3, -0.25) is 14.4 Å². The largest absolute Gasteiger partial charge is 0.495 e. The number of benzene rings is 2. The number of methoxy groups -OCH3 is 1. The van der Waals surface area contributed by atoms with Crippen molar-refractivity contribution in [3.05, 3.63) is 82.9 Å². The van der Waals surface area contributed by atoms with E-state index in [1.807, 2.05) is 49.4 Å². The van der Waals surface area contributed by atoms with Crippen molar-refractivity contribution in [2.24, 2.45) is 17.8 Å². The number of carbonyl (C=O) groups excluding carboxylic acids is 4. The van der Waals surface area contributed by atoms with Crippen LogP contribution in [0, 0.1) is 17.8 Å². The summed E-state index contributed by atoms with van der Waals surface area (Å²) < 4.78 is 16.7. The molecule has 9 nitrogen and oxygen atoms in total. The Morgan fingerprint density at radius 3 is 2.41 bits per heavy atom. The minimum absolute atomic E-state index is 0.0625. The summed E-state index contributed by atoms with van der Waals surface area (Å²) in [5, 5.41) is 5.83. The van der Waals surface area contributed by atoms with Crippen LogP contribution in [0.4, 0.5) is 0 Å². The van der Waals surface area contributed by atoms with E-state index >= 15 is 0 Å². The summed E-state index contributed by atoms with van der Waals surface area (Å²) in [6, 6.07) is 13.9. The summed E-state index contributed by atoms with van der Waals surface area (Å²) in [6.45, 7) is 6.96. The Kier molecular flexibility index (Phi) is 13.0. The topological polar surface area (TPSA) is 120 Å². The third kappa shape index (κ3) is 10.3. The van der Waals surface area contributed by atoms with Gasteiger partial charge >= 0.3 is 11.9 Å². The molecule has 1 aliphatic heterocycles. The Labute approximate surface area is 264 Å². The number of nitrogens with one attached hydrogen (secondary N) is 2. The van der Waals surface area contributed by atoms with Crippen molar-refractivity contribution < 1.29 is 33.4 Å². The number of esters is 2. The molecule has 10 heteroatoms. The molecule has 0 bridgehead atoms. The Morgan fingerprint density at radius 1 is 1.02 bits per heavy atom. The van der Waals surface area contributed by atoms with Gasteiger partial charge in [0.2, 0.25) is 17.9 Å². The van der Waals surface area contributed by atoms with E-state index in [1.165, 1.54) is 13.2 Å². The quantitative estimate of drug-likeness (QED) is 0.420. The van der Waals surface area contributed by atoms with E-state index in [1.54, 1.807) is 45.0 Å². The van der Waals surface area contributed by atoms with Gasteiger partial charge < -0.3 is 24.8 Å². The molecular weight excluding hydrogens is 584 g/mol. The zero-order valence-corrected chi connectivity index (χ0v) is 26.5. The van der Waals surface area contributed by atoms with Crippen LogP contribution in [0.15, 0.2) is 66.8 Å². The van der Waals surface area contributed by atoms with Crippen molar-refractivity contribution in [1.82, 2.24) is 10.6 Å². The molecule has 5 atom stereocenters.